The molecular weight excluding hydrogens is 302 g/mol. The summed E-state index contributed by atoms with van der Waals surface area (Å²) in [6.45, 7) is 2.04. The lowest BCUT2D eigenvalue weighted by molar-refractivity contribution is 0.700. The highest BCUT2D eigenvalue weighted by Gasteiger charge is 2.21. The second kappa shape index (κ2) is 5.04. The number of aryl methyl sites for hydroxylation is 3. The van der Waals surface area contributed by atoms with Crippen LogP contribution in [0.4, 0.5) is 0 Å². The first-order valence-corrected chi connectivity index (χ1v) is 8.32. The number of thiophene rings is 1. The lowest BCUT2D eigenvalue weighted by Gasteiger charge is -2.10. The van der Waals surface area contributed by atoms with E-state index in [-0.39, 0.29) is 0 Å². The van der Waals surface area contributed by atoms with E-state index >= 15 is 0 Å². The lowest BCUT2D eigenvalue weighted by atomic mass is 9.97. The highest BCUT2D eigenvalue weighted by molar-refractivity contribution is 7.19. The van der Waals surface area contributed by atoms with Gasteiger partial charge in [-0.1, -0.05) is 11.6 Å². The normalized spacial score (nSPS) is 14.4. The average Bonchev–Trinajstić information content (AvgIpc) is 2.86. The molecule has 0 N–H and O–H groups in total. The van der Waals surface area contributed by atoms with Crippen LogP contribution >= 0.6 is 22.9 Å². The molecule has 0 atom stereocenters. The number of hydrogen-bond acceptors (Lipinski definition) is 4. The number of hydrogen-bond donors (Lipinski definition) is 0. The molecule has 21 heavy (non-hydrogen) atoms. The van der Waals surface area contributed by atoms with Gasteiger partial charge in [-0.25, -0.2) is 9.97 Å². The molecular formula is C16H14ClN3S. The van der Waals surface area contributed by atoms with Crippen LogP contribution in [0.5, 0.6) is 0 Å². The van der Waals surface area contributed by atoms with E-state index in [4.69, 9.17) is 16.6 Å². The van der Waals surface area contributed by atoms with Crippen molar-refractivity contribution in [3.63, 3.8) is 0 Å². The van der Waals surface area contributed by atoms with Crippen molar-refractivity contribution >= 4 is 33.2 Å². The van der Waals surface area contributed by atoms with Crippen LogP contribution in [0.3, 0.4) is 0 Å². The second-order valence-electron chi connectivity index (χ2n) is 5.42. The number of nitrogens with zero attached hydrogens (tertiary/aromatic N) is 3. The van der Waals surface area contributed by atoms with Gasteiger partial charge in [0.05, 0.1) is 5.39 Å². The summed E-state index contributed by atoms with van der Waals surface area (Å²) < 4.78 is 0. The van der Waals surface area contributed by atoms with Gasteiger partial charge >= 0.3 is 0 Å². The first-order valence-electron chi connectivity index (χ1n) is 7.13. The predicted octanol–water partition coefficient (Wildman–Crippen LogP) is 4.59. The maximum absolute atomic E-state index is 6.48. The standard InChI is InChI=1S/C16H14ClN3S/c1-9-6-7-18-8-11(9)15-19-14(17)13-10-4-2-3-5-12(10)21-16(13)20-15/h6-8H,2-5H2,1H3. The molecule has 0 aliphatic heterocycles. The van der Waals surface area contributed by atoms with Crippen molar-refractivity contribution in [3.05, 3.63) is 39.6 Å². The summed E-state index contributed by atoms with van der Waals surface area (Å²) in [5.74, 6) is 0.677. The lowest BCUT2D eigenvalue weighted by Crippen LogP contribution is -1.99. The van der Waals surface area contributed by atoms with Crippen LogP contribution in [0.15, 0.2) is 18.5 Å². The molecule has 0 radical (unpaired) electrons. The highest BCUT2D eigenvalue weighted by Crippen LogP contribution is 2.39. The van der Waals surface area contributed by atoms with Crippen molar-refractivity contribution in [1.29, 1.82) is 0 Å². The molecule has 0 saturated heterocycles. The topological polar surface area (TPSA) is 38.7 Å². The fourth-order valence-corrected chi connectivity index (χ4v) is 4.53. The van der Waals surface area contributed by atoms with E-state index < -0.39 is 0 Å². The fourth-order valence-electron chi connectivity index (χ4n) is 2.93. The molecule has 1 aliphatic carbocycles. The smallest absolute Gasteiger partial charge is 0.164 e. The third-order valence-electron chi connectivity index (χ3n) is 4.05. The number of pyridine rings is 1. The first-order chi connectivity index (χ1) is 10.2. The van der Waals surface area contributed by atoms with Gasteiger partial charge in [-0.2, -0.15) is 0 Å². The summed E-state index contributed by atoms with van der Waals surface area (Å²) in [7, 11) is 0. The summed E-state index contributed by atoms with van der Waals surface area (Å²) in [5.41, 5.74) is 3.44. The molecule has 1 aliphatic rings. The fraction of sp³-hybridized carbons (Fsp3) is 0.312. The summed E-state index contributed by atoms with van der Waals surface area (Å²) in [5, 5.41) is 1.65. The van der Waals surface area contributed by atoms with Gasteiger partial charge in [0.2, 0.25) is 0 Å². The zero-order chi connectivity index (χ0) is 14.4. The van der Waals surface area contributed by atoms with Crippen LogP contribution in [0.25, 0.3) is 21.6 Å². The van der Waals surface area contributed by atoms with E-state index in [9.17, 15) is 0 Å². The Kier molecular flexibility index (Phi) is 3.16. The Bertz CT molecular complexity index is 841. The molecule has 0 unspecified atom stereocenters. The Labute approximate surface area is 132 Å². The van der Waals surface area contributed by atoms with Gasteiger partial charge in [0.25, 0.3) is 0 Å². The molecule has 0 saturated carbocycles. The minimum atomic E-state index is 0.581. The Morgan fingerprint density at radius 1 is 1.19 bits per heavy atom. The van der Waals surface area contributed by atoms with Gasteiger partial charge in [0, 0.05) is 22.8 Å². The second-order valence-corrected chi connectivity index (χ2v) is 6.86. The minimum Gasteiger partial charge on any atom is -0.264 e. The quantitative estimate of drug-likeness (QED) is 0.616. The largest absolute Gasteiger partial charge is 0.264 e. The number of fused-ring (bicyclic) bond motifs is 3. The molecule has 3 aromatic rings. The molecule has 3 nitrogen and oxygen atoms in total. The Morgan fingerprint density at radius 2 is 2.05 bits per heavy atom. The molecule has 0 spiro atoms. The minimum absolute atomic E-state index is 0.581. The molecule has 3 heterocycles. The van der Waals surface area contributed by atoms with Gasteiger partial charge in [-0.15, -0.1) is 11.3 Å². The summed E-state index contributed by atoms with van der Waals surface area (Å²) in [6, 6.07) is 1.97. The Hall–Kier alpha value is -1.52. The van der Waals surface area contributed by atoms with Crippen molar-refractivity contribution in [2.45, 2.75) is 32.6 Å². The third-order valence-corrected chi connectivity index (χ3v) is 5.51. The molecule has 106 valence electrons. The van der Waals surface area contributed by atoms with E-state index in [1.54, 1.807) is 23.7 Å². The van der Waals surface area contributed by atoms with Crippen molar-refractivity contribution in [3.8, 4) is 11.4 Å². The molecule has 0 fully saturated rings. The van der Waals surface area contributed by atoms with Crippen LogP contribution in [0.2, 0.25) is 5.15 Å². The third kappa shape index (κ3) is 2.14. The van der Waals surface area contributed by atoms with Crippen molar-refractivity contribution < 1.29 is 0 Å². The average molecular weight is 316 g/mol. The summed E-state index contributed by atoms with van der Waals surface area (Å²) in [6.07, 6.45) is 8.33. The van der Waals surface area contributed by atoms with E-state index in [0.717, 1.165) is 34.2 Å². The summed E-state index contributed by atoms with van der Waals surface area (Å²) in [4.78, 5) is 15.9. The number of rotatable bonds is 1. The SMILES string of the molecule is Cc1ccncc1-c1nc(Cl)c2c3c(sc2n1)CCCC3. The molecule has 0 amide bonds. The van der Waals surface area contributed by atoms with E-state index in [2.05, 4.69) is 9.97 Å². The van der Waals surface area contributed by atoms with Crippen molar-refractivity contribution in [2.24, 2.45) is 0 Å². The van der Waals surface area contributed by atoms with E-state index in [1.807, 2.05) is 13.0 Å². The zero-order valence-corrected chi connectivity index (χ0v) is 13.3. The molecule has 3 aromatic heterocycles. The Morgan fingerprint density at radius 3 is 2.90 bits per heavy atom. The zero-order valence-electron chi connectivity index (χ0n) is 11.7. The molecule has 5 heteroatoms. The van der Waals surface area contributed by atoms with Crippen LogP contribution in [-0.2, 0) is 12.8 Å². The predicted molar refractivity (Wildman–Crippen MR) is 87.0 cm³/mol. The van der Waals surface area contributed by atoms with Crippen LogP contribution in [0, 0.1) is 6.92 Å². The van der Waals surface area contributed by atoms with Crippen molar-refractivity contribution in [2.75, 3.05) is 0 Å². The van der Waals surface area contributed by atoms with Gasteiger partial charge in [-0.05, 0) is 49.8 Å². The monoisotopic (exact) mass is 315 g/mol. The Balaban J connectivity index is 1.96. The maximum Gasteiger partial charge on any atom is 0.164 e. The molecule has 0 bridgehead atoms. The highest BCUT2D eigenvalue weighted by atomic mass is 35.5. The maximum atomic E-state index is 6.48. The van der Waals surface area contributed by atoms with Gasteiger partial charge in [0.1, 0.15) is 9.98 Å². The summed E-state index contributed by atoms with van der Waals surface area (Å²) >= 11 is 8.25. The van der Waals surface area contributed by atoms with Gasteiger partial charge in [0.15, 0.2) is 5.82 Å². The number of halogens is 1. The van der Waals surface area contributed by atoms with Gasteiger partial charge < -0.3 is 0 Å². The van der Waals surface area contributed by atoms with Gasteiger partial charge in [-0.3, -0.25) is 4.98 Å². The van der Waals surface area contributed by atoms with Crippen molar-refractivity contribution in [1.82, 2.24) is 15.0 Å². The van der Waals surface area contributed by atoms with Crippen LogP contribution in [-0.4, -0.2) is 15.0 Å². The van der Waals surface area contributed by atoms with Crippen LogP contribution < -0.4 is 0 Å². The first kappa shape index (κ1) is 13.2. The van der Waals surface area contributed by atoms with E-state index in [1.165, 1.54) is 23.3 Å². The molecule has 4 rings (SSSR count). The van der Waals surface area contributed by atoms with Crippen LogP contribution in [0.1, 0.15) is 28.8 Å². The van der Waals surface area contributed by atoms with E-state index in [0.29, 0.717) is 11.0 Å². The number of aromatic nitrogens is 3. The molecule has 0 aromatic carbocycles.